The van der Waals surface area contributed by atoms with Crippen LogP contribution in [0.1, 0.15) is 55.3 Å². The Hall–Kier alpha value is -1.23. The van der Waals surface area contributed by atoms with Crippen molar-refractivity contribution in [3.05, 3.63) is 16.6 Å². The molecule has 19 heavy (non-hydrogen) atoms. The molecule has 1 fully saturated rings. The lowest BCUT2D eigenvalue weighted by molar-refractivity contribution is -0.118. The maximum Gasteiger partial charge on any atom is 0.280 e. The van der Waals surface area contributed by atoms with Gasteiger partial charge in [0.2, 0.25) is 0 Å². The number of aldehydes is 1. The van der Waals surface area contributed by atoms with Crippen molar-refractivity contribution in [2.45, 2.75) is 51.5 Å². The highest BCUT2D eigenvalue weighted by molar-refractivity contribution is 7.11. The van der Waals surface area contributed by atoms with Crippen molar-refractivity contribution >= 4 is 23.5 Å². The second-order valence-electron chi connectivity index (χ2n) is 5.33. The van der Waals surface area contributed by atoms with Gasteiger partial charge in [0, 0.05) is 23.0 Å². The second-order valence-corrected chi connectivity index (χ2v) is 6.23. The number of thiazole rings is 1. The molecule has 4 nitrogen and oxygen atoms in total. The quantitative estimate of drug-likeness (QED) is 0.844. The molecule has 1 amide bonds. The van der Waals surface area contributed by atoms with E-state index in [1.54, 1.807) is 11.6 Å². The summed E-state index contributed by atoms with van der Waals surface area (Å²) in [6.07, 6.45) is 8.34. The summed E-state index contributed by atoms with van der Waals surface area (Å²) in [7, 11) is 0. The first kappa shape index (κ1) is 14.2. The van der Waals surface area contributed by atoms with Crippen molar-refractivity contribution in [2.24, 2.45) is 5.41 Å². The molecule has 0 radical (unpaired) electrons. The monoisotopic (exact) mass is 280 g/mol. The minimum Gasteiger partial charge on any atom is -0.347 e. The molecule has 1 saturated carbocycles. The predicted molar refractivity (Wildman–Crippen MR) is 75.2 cm³/mol. The molecule has 0 bridgehead atoms. The van der Waals surface area contributed by atoms with Crippen molar-refractivity contribution in [1.82, 2.24) is 10.3 Å². The van der Waals surface area contributed by atoms with Crippen LogP contribution in [0.2, 0.25) is 0 Å². The third kappa shape index (κ3) is 3.41. The Bertz CT molecular complexity index is 429. The smallest absolute Gasteiger partial charge is 0.280 e. The maximum atomic E-state index is 12.0. The molecule has 104 valence electrons. The van der Waals surface area contributed by atoms with E-state index in [-0.39, 0.29) is 17.4 Å². The average molecular weight is 280 g/mol. The summed E-state index contributed by atoms with van der Waals surface area (Å²) in [5.41, 5.74) is -0.228. The molecule has 0 saturated heterocycles. The van der Waals surface area contributed by atoms with E-state index in [0.717, 1.165) is 44.8 Å². The normalized spacial score (nSPS) is 26.9. The van der Waals surface area contributed by atoms with Gasteiger partial charge >= 0.3 is 0 Å². The van der Waals surface area contributed by atoms with Crippen LogP contribution < -0.4 is 5.32 Å². The zero-order valence-corrected chi connectivity index (χ0v) is 12.0. The van der Waals surface area contributed by atoms with Gasteiger partial charge in [0.15, 0.2) is 5.01 Å². The Morgan fingerprint density at radius 1 is 1.68 bits per heavy atom. The number of carbonyl (C=O) groups is 2. The van der Waals surface area contributed by atoms with E-state index in [1.165, 1.54) is 11.3 Å². The van der Waals surface area contributed by atoms with E-state index in [9.17, 15) is 9.59 Å². The molecule has 0 aliphatic heterocycles. The van der Waals surface area contributed by atoms with Gasteiger partial charge in [-0.1, -0.05) is 19.8 Å². The third-order valence-electron chi connectivity index (χ3n) is 3.84. The van der Waals surface area contributed by atoms with E-state index in [2.05, 4.69) is 17.2 Å². The maximum absolute atomic E-state index is 12.0. The summed E-state index contributed by atoms with van der Waals surface area (Å²) in [6.45, 7) is 2.10. The van der Waals surface area contributed by atoms with E-state index in [1.807, 2.05) is 0 Å². The Kier molecular flexibility index (Phi) is 4.69. The Morgan fingerprint density at radius 2 is 2.53 bits per heavy atom. The van der Waals surface area contributed by atoms with Crippen LogP contribution in [0.15, 0.2) is 11.6 Å². The molecule has 5 heteroatoms. The molecule has 1 heterocycles. The van der Waals surface area contributed by atoms with Gasteiger partial charge in [0.25, 0.3) is 5.91 Å². The lowest BCUT2D eigenvalue weighted by Crippen LogP contribution is -2.43. The molecule has 1 N–H and O–H groups in total. The van der Waals surface area contributed by atoms with Crippen LogP contribution >= 0.6 is 11.3 Å². The minimum atomic E-state index is -0.228. The molecule has 2 atom stereocenters. The fraction of sp³-hybridized carbons (Fsp3) is 0.643. The van der Waals surface area contributed by atoms with Crippen LogP contribution in [0.4, 0.5) is 0 Å². The molecule has 2 rings (SSSR count). The van der Waals surface area contributed by atoms with Gasteiger partial charge in [0.1, 0.15) is 6.29 Å². The first-order valence-corrected chi connectivity index (χ1v) is 7.74. The van der Waals surface area contributed by atoms with Gasteiger partial charge in [-0.3, -0.25) is 4.79 Å². The van der Waals surface area contributed by atoms with E-state index in [4.69, 9.17) is 0 Å². The lowest BCUT2D eigenvalue weighted by atomic mass is 9.70. The number of amides is 1. The Morgan fingerprint density at radius 3 is 3.16 bits per heavy atom. The Balaban J connectivity index is 1.97. The fourth-order valence-corrected chi connectivity index (χ4v) is 3.53. The lowest BCUT2D eigenvalue weighted by Gasteiger charge is -2.37. The largest absolute Gasteiger partial charge is 0.347 e. The highest BCUT2D eigenvalue weighted by atomic mass is 32.1. The first-order chi connectivity index (χ1) is 9.19. The van der Waals surface area contributed by atoms with Gasteiger partial charge < -0.3 is 10.1 Å². The summed E-state index contributed by atoms with van der Waals surface area (Å²) in [4.78, 5) is 27.4. The number of rotatable bonds is 5. The SMILES string of the molecule is CCCC1(C=O)CCCC(NC(=O)c2nccs2)C1. The van der Waals surface area contributed by atoms with Crippen LogP contribution in [0.5, 0.6) is 0 Å². The predicted octanol–water partition coefficient (Wildman–Crippen LogP) is 2.80. The third-order valence-corrected chi connectivity index (χ3v) is 4.61. The molecular weight excluding hydrogens is 260 g/mol. The summed E-state index contributed by atoms with van der Waals surface area (Å²) >= 11 is 1.34. The number of carbonyl (C=O) groups excluding carboxylic acids is 2. The number of nitrogens with one attached hydrogen (secondary N) is 1. The van der Waals surface area contributed by atoms with Crippen LogP contribution in [-0.2, 0) is 4.79 Å². The summed E-state index contributed by atoms with van der Waals surface area (Å²) in [5.74, 6) is -0.113. The number of hydrogen-bond donors (Lipinski definition) is 1. The van der Waals surface area contributed by atoms with Crippen LogP contribution in [-0.4, -0.2) is 23.2 Å². The second kappa shape index (κ2) is 6.28. The van der Waals surface area contributed by atoms with E-state index < -0.39 is 0 Å². The molecule has 2 unspecified atom stereocenters. The minimum absolute atomic E-state index is 0.0990. The zero-order valence-electron chi connectivity index (χ0n) is 11.2. The molecule has 1 aromatic heterocycles. The Labute approximate surface area is 117 Å². The van der Waals surface area contributed by atoms with Gasteiger partial charge in [-0.15, -0.1) is 11.3 Å². The number of aromatic nitrogens is 1. The summed E-state index contributed by atoms with van der Waals surface area (Å²) in [6, 6.07) is 0.0990. The highest BCUT2D eigenvalue weighted by Crippen LogP contribution is 2.38. The van der Waals surface area contributed by atoms with Gasteiger partial charge in [0.05, 0.1) is 0 Å². The number of nitrogens with zero attached hydrogens (tertiary/aromatic N) is 1. The summed E-state index contributed by atoms with van der Waals surface area (Å²) in [5, 5.41) is 5.31. The van der Waals surface area contributed by atoms with Crippen molar-refractivity contribution in [3.63, 3.8) is 0 Å². The molecule has 1 aliphatic rings. The standard InChI is InChI=1S/C14H20N2O2S/c1-2-5-14(10-17)6-3-4-11(9-14)16-12(18)13-15-7-8-19-13/h7-8,10-11H,2-6,9H2,1H3,(H,16,18). The van der Waals surface area contributed by atoms with E-state index in [0.29, 0.717) is 5.01 Å². The molecule has 1 aromatic rings. The first-order valence-electron chi connectivity index (χ1n) is 6.86. The topological polar surface area (TPSA) is 59.1 Å². The van der Waals surface area contributed by atoms with Crippen molar-refractivity contribution in [1.29, 1.82) is 0 Å². The van der Waals surface area contributed by atoms with Gasteiger partial charge in [-0.25, -0.2) is 4.98 Å². The fourth-order valence-electron chi connectivity index (χ4n) is 2.99. The van der Waals surface area contributed by atoms with Crippen molar-refractivity contribution < 1.29 is 9.59 Å². The average Bonchev–Trinajstić information content (AvgIpc) is 2.93. The van der Waals surface area contributed by atoms with Gasteiger partial charge in [-0.2, -0.15) is 0 Å². The zero-order chi connectivity index (χ0) is 13.7. The van der Waals surface area contributed by atoms with Crippen LogP contribution in [0.25, 0.3) is 0 Å². The van der Waals surface area contributed by atoms with Gasteiger partial charge in [-0.05, 0) is 25.7 Å². The van der Waals surface area contributed by atoms with Crippen molar-refractivity contribution in [3.8, 4) is 0 Å². The van der Waals surface area contributed by atoms with Crippen LogP contribution in [0, 0.1) is 5.41 Å². The van der Waals surface area contributed by atoms with E-state index >= 15 is 0 Å². The molecule has 1 aliphatic carbocycles. The summed E-state index contributed by atoms with van der Waals surface area (Å²) < 4.78 is 0. The molecular formula is C14H20N2O2S. The number of hydrogen-bond acceptors (Lipinski definition) is 4. The van der Waals surface area contributed by atoms with Crippen LogP contribution in [0.3, 0.4) is 0 Å². The molecule has 0 spiro atoms. The van der Waals surface area contributed by atoms with Crippen molar-refractivity contribution in [2.75, 3.05) is 0 Å². The molecule has 0 aromatic carbocycles. The highest BCUT2D eigenvalue weighted by Gasteiger charge is 2.36.